The number of benzene rings is 1. The van der Waals surface area contributed by atoms with Crippen molar-refractivity contribution >= 4 is 12.0 Å². The van der Waals surface area contributed by atoms with Gasteiger partial charge in [-0.1, -0.05) is 19.1 Å². The van der Waals surface area contributed by atoms with E-state index in [2.05, 4.69) is 5.32 Å². The molecule has 0 saturated heterocycles. The Labute approximate surface area is 113 Å². The molecule has 0 bridgehead atoms. The molecule has 1 aromatic rings. The summed E-state index contributed by atoms with van der Waals surface area (Å²) in [4.78, 5) is 11.8. The lowest BCUT2D eigenvalue weighted by molar-refractivity contribution is -0.117. The minimum absolute atomic E-state index is 0.126. The molecule has 4 heteroatoms. The average molecular weight is 265 g/mol. The van der Waals surface area contributed by atoms with Gasteiger partial charge in [-0.3, -0.25) is 4.79 Å². The van der Waals surface area contributed by atoms with Gasteiger partial charge in [-0.2, -0.15) is 0 Å². The number of hydrogen-bond donors (Lipinski definition) is 2. The fraction of sp³-hybridized carbons (Fsp3) is 0.400. The number of halogens is 1. The third kappa shape index (κ3) is 5.66. The highest BCUT2D eigenvalue weighted by Crippen LogP contribution is 2.08. The van der Waals surface area contributed by atoms with Crippen LogP contribution in [-0.2, 0) is 4.79 Å². The fourth-order valence-corrected chi connectivity index (χ4v) is 1.60. The number of carbonyl (C=O) groups is 1. The monoisotopic (exact) mass is 265 g/mol. The summed E-state index contributed by atoms with van der Waals surface area (Å²) in [6.07, 6.45) is 2.38. The van der Waals surface area contributed by atoms with Crippen LogP contribution in [-0.4, -0.2) is 24.2 Å². The Bertz CT molecular complexity index is 440. The average Bonchev–Trinajstić information content (AvgIpc) is 2.39. The molecule has 2 N–H and O–H groups in total. The molecule has 1 rings (SSSR count). The number of hydrogen-bond acceptors (Lipinski definition) is 2. The van der Waals surface area contributed by atoms with Crippen molar-refractivity contribution < 1.29 is 14.3 Å². The first-order valence-electron chi connectivity index (χ1n) is 6.36. The lowest BCUT2D eigenvalue weighted by atomic mass is 10.1. The predicted octanol–water partition coefficient (Wildman–Crippen LogP) is 2.36. The van der Waals surface area contributed by atoms with E-state index in [4.69, 9.17) is 5.11 Å². The maximum atomic E-state index is 12.7. The largest absolute Gasteiger partial charge is 0.396 e. The van der Waals surface area contributed by atoms with Gasteiger partial charge in [-0.15, -0.1) is 0 Å². The Balaban J connectivity index is 2.54. The lowest BCUT2D eigenvalue weighted by Gasteiger charge is -2.11. The Morgan fingerprint density at radius 3 is 2.63 bits per heavy atom. The third-order valence-electron chi connectivity index (χ3n) is 2.84. The van der Waals surface area contributed by atoms with E-state index in [1.54, 1.807) is 25.1 Å². The van der Waals surface area contributed by atoms with E-state index in [0.717, 1.165) is 5.56 Å². The van der Waals surface area contributed by atoms with Crippen molar-refractivity contribution in [2.45, 2.75) is 20.3 Å². The van der Waals surface area contributed by atoms with Crippen molar-refractivity contribution in [3.8, 4) is 0 Å². The molecule has 0 fully saturated rings. The second-order valence-corrected chi connectivity index (χ2v) is 4.71. The molecule has 0 aliphatic heterocycles. The van der Waals surface area contributed by atoms with Crippen molar-refractivity contribution in [2.75, 3.05) is 13.2 Å². The molecule has 0 aliphatic rings. The standard InChI is InChI=1S/C15H20FNO2/c1-11(7-8-18)10-17-15(19)12(2)9-13-3-5-14(16)6-4-13/h3-6,9,11,18H,7-8,10H2,1-2H3,(H,17,19)/b12-9+. The Morgan fingerprint density at radius 2 is 2.05 bits per heavy atom. The molecule has 1 amide bonds. The van der Waals surface area contributed by atoms with E-state index in [1.165, 1.54) is 12.1 Å². The Morgan fingerprint density at radius 1 is 1.42 bits per heavy atom. The molecule has 104 valence electrons. The molecule has 0 radical (unpaired) electrons. The van der Waals surface area contributed by atoms with Gasteiger partial charge in [-0.05, 0) is 43.0 Å². The summed E-state index contributed by atoms with van der Waals surface area (Å²) in [7, 11) is 0. The van der Waals surface area contributed by atoms with Crippen molar-refractivity contribution in [2.24, 2.45) is 5.92 Å². The predicted molar refractivity (Wildman–Crippen MR) is 73.9 cm³/mol. The van der Waals surface area contributed by atoms with Crippen LogP contribution in [0.5, 0.6) is 0 Å². The molecule has 0 spiro atoms. The van der Waals surface area contributed by atoms with Crippen LogP contribution in [0, 0.1) is 11.7 Å². The Hall–Kier alpha value is -1.68. The van der Waals surface area contributed by atoms with Gasteiger partial charge >= 0.3 is 0 Å². The zero-order chi connectivity index (χ0) is 14.3. The summed E-state index contributed by atoms with van der Waals surface area (Å²) in [6.45, 7) is 4.35. The van der Waals surface area contributed by atoms with Crippen molar-refractivity contribution in [3.63, 3.8) is 0 Å². The van der Waals surface area contributed by atoms with Gasteiger partial charge < -0.3 is 10.4 Å². The molecule has 19 heavy (non-hydrogen) atoms. The van der Waals surface area contributed by atoms with Crippen LogP contribution in [0.1, 0.15) is 25.8 Å². The van der Waals surface area contributed by atoms with Gasteiger partial charge in [-0.25, -0.2) is 4.39 Å². The summed E-state index contributed by atoms with van der Waals surface area (Å²) < 4.78 is 12.7. The van der Waals surface area contributed by atoms with Gasteiger partial charge in [0.25, 0.3) is 0 Å². The van der Waals surface area contributed by atoms with Crippen LogP contribution >= 0.6 is 0 Å². The zero-order valence-electron chi connectivity index (χ0n) is 11.3. The first kappa shape index (κ1) is 15.4. The van der Waals surface area contributed by atoms with Crippen molar-refractivity contribution in [1.29, 1.82) is 0 Å². The summed E-state index contributed by atoms with van der Waals surface area (Å²) in [5, 5.41) is 11.6. The number of amides is 1. The molecule has 1 unspecified atom stereocenters. The molecule has 0 aromatic heterocycles. The van der Waals surface area contributed by atoms with Crippen LogP contribution in [0.25, 0.3) is 6.08 Å². The quantitative estimate of drug-likeness (QED) is 0.776. The number of carbonyl (C=O) groups excluding carboxylic acids is 1. The topological polar surface area (TPSA) is 49.3 Å². The molecular weight excluding hydrogens is 245 g/mol. The van der Waals surface area contributed by atoms with Crippen LogP contribution in [0.4, 0.5) is 4.39 Å². The van der Waals surface area contributed by atoms with Crippen LogP contribution in [0.15, 0.2) is 29.8 Å². The van der Waals surface area contributed by atoms with Crippen molar-refractivity contribution in [1.82, 2.24) is 5.32 Å². The molecule has 0 heterocycles. The first-order valence-corrected chi connectivity index (χ1v) is 6.36. The molecule has 0 saturated carbocycles. The number of nitrogens with one attached hydrogen (secondary N) is 1. The molecule has 1 atom stereocenters. The molecule has 0 aliphatic carbocycles. The fourth-order valence-electron chi connectivity index (χ4n) is 1.60. The van der Waals surface area contributed by atoms with Gasteiger partial charge in [0, 0.05) is 18.7 Å². The minimum Gasteiger partial charge on any atom is -0.396 e. The second kappa shape index (κ2) is 7.69. The van der Waals surface area contributed by atoms with E-state index in [-0.39, 0.29) is 24.2 Å². The summed E-state index contributed by atoms with van der Waals surface area (Å²) >= 11 is 0. The number of aliphatic hydroxyl groups is 1. The van der Waals surface area contributed by atoms with Gasteiger partial charge in [0.15, 0.2) is 0 Å². The number of rotatable bonds is 6. The highest BCUT2D eigenvalue weighted by molar-refractivity contribution is 5.97. The van der Waals surface area contributed by atoms with E-state index in [0.29, 0.717) is 18.5 Å². The SMILES string of the molecule is C/C(=C\c1ccc(F)cc1)C(=O)NCC(C)CCO. The second-order valence-electron chi connectivity index (χ2n) is 4.71. The molecular formula is C15H20FNO2. The lowest BCUT2D eigenvalue weighted by Crippen LogP contribution is -2.29. The zero-order valence-corrected chi connectivity index (χ0v) is 11.3. The van der Waals surface area contributed by atoms with Crippen LogP contribution < -0.4 is 5.32 Å². The highest BCUT2D eigenvalue weighted by Gasteiger charge is 2.07. The Kier molecular flexibility index (Phi) is 6.22. The maximum absolute atomic E-state index is 12.7. The molecule has 1 aromatic carbocycles. The van der Waals surface area contributed by atoms with Crippen LogP contribution in [0.3, 0.4) is 0 Å². The summed E-state index contributed by atoms with van der Waals surface area (Å²) in [5.41, 5.74) is 1.36. The maximum Gasteiger partial charge on any atom is 0.246 e. The van der Waals surface area contributed by atoms with Crippen molar-refractivity contribution in [3.05, 3.63) is 41.2 Å². The smallest absolute Gasteiger partial charge is 0.246 e. The molecule has 3 nitrogen and oxygen atoms in total. The summed E-state index contributed by atoms with van der Waals surface area (Å²) in [5.74, 6) is -0.196. The van der Waals surface area contributed by atoms with E-state index in [9.17, 15) is 9.18 Å². The first-order chi connectivity index (χ1) is 9.02. The van der Waals surface area contributed by atoms with Gasteiger partial charge in [0.1, 0.15) is 5.82 Å². The highest BCUT2D eigenvalue weighted by atomic mass is 19.1. The summed E-state index contributed by atoms with van der Waals surface area (Å²) in [6, 6.07) is 5.97. The van der Waals surface area contributed by atoms with Crippen LogP contribution in [0.2, 0.25) is 0 Å². The van der Waals surface area contributed by atoms with E-state index >= 15 is 0 Å². The van der Waals surface area contributed by atoms with E-state index < -0.39 is 0 Å². The normalized spacial score (nSPS) is 13.2. The third-order valence-corrected chi connectivity index (χ3v) is 2.84. The van der Waals surface area contributed by atoms with Gasteiger partial charge in [0.05, 0.1) is 0 Å². The van der Waals surface area contributed by atoms with E-state index in [1.807, 2.05) is 6.92 Å². The number of aliphatic hydroxyl groups excluding tert-OH is 1. The van der Waals surface area contributed by atoms with Gasteiger partial charge in [0.2, 0.25) is 5.91 Å². The minimum atomic E-state index is -0.294.